The van der Waals surface area contributed by atoms with E-state index in [1.165, 1.54) is 0 Å². The van der Waals surface area contributed by atoms with Gasteiger partial charge in [-0.1, -0.05) is 12.1 Å². The summed E-state index contributed by atoms with van der Waals surface area (Å²) in [5, 5.41) is 12.9. The Hall–Kier alpha value is -3.13. The number of nitrogens with one attached hydrogen (secondary N) is 1. The highest BCUT2D eigenvalue weighted by Crippen LogP contribution is 2.38. The van der Waals surface area contributed by atoms with Crippen molar-refractivity contribution >= 4 is 5.96 Å². The Morgan fingerprint density at radius 2 is 1.56 bits per heavy atom. The Morgan fingerprint density at radius 3 is 2.09 bits per heavy atom. The highest BCUT2D eigenvalue weighted by molar-refractivity contribution is 5.80. The van der Waals surface area contributed by atoms with E-state index in [2.05, 4.69) is 22.0 Å². The van der Waals surface area contributed by atoms with Crippen LogP contribution in [0.5, 0.6) is 23.0 Å². The van der Waals surface area contributed by atoms with Crippen molar-refractivity contribution in [3.8, 4) is 23.0 Å². The normalized spacial score (nSPS) is 14.9. The lowest BCUT2D eigenvalue weighted by Gasteiger charge is -2.36. The predicted octanol–water partition coefficient (Wildman–Crippen LogP) is 2.70. The second-order valence-corrected chi connectivity index (χ2v) is 7.63. The van der Waals surface area contributed by atoms with Crippen molar-refractivity contribution in [1.29, 1.82) is 0 Å². The van der Waals surface area contributed by atoms with Gasteiger partial charge >= 0.3 is 0 Å². The molecule has 0 spiro atoms. The number of aromatic hydroxyl groups is 1. The Morgan fingerprint density at radius 1 is 0.938 bits per heavy atom. The van der Waals surface area contributed by atoms with Crippen molar-refractivity contribution in [2.75, 3.05) is 54.1 Å². The van der Waals surface area contributed by atoms with Gasteiger partial charge in [0.05, 0.1) is 27.9 Å². The van der Waals surface area contributed by atoms with Crippen LogP contribution in [0.25, 0.3) is 0 Å². The first kappa shape index (κ1) is 23.5. The molecule has 0 aromatic heterocycles. The van der Waals surface area contributed by atoms with Crippen LogP contribution >= 0.6 is 0 Å². The molecule has 0 radical (unpaired) electrons. The average Bonchev–Trinajstić information content (AvgIpc) is 2.82. The molecule has 0 bridgehead atoms. The van der Waals surface area contributed by atoms with Crippen molar-refractivity contribution in [1.82, 2.24) is 15.1 Å². The number of piperazine rings is 1. The van der Waals surface area contributed by atoms with Gasteiger partial charge in [-0.3, -0.25) is 4.90 Å². The second kappa shape index (κ2) is 11.5. The summed E-state index contributed by atoms with van der Waals surface area (Å²) < 4.78 is 16.4. The summed E-state index contributed by atoms with van der Waals surface area (Å²) in [7, 11) is 4.89. The maximum absolute atomic E-state index is 9.46. The van der Waals surface area contributed by atoms with Crippen molar-refractivity contribution < 1.29 is 19.3 Å². The van der Waals surface area contributed by atoms with Crippen molar-refractivity contribution in [2.45, 2.75) is 20.0 Å². The summed E-state index contributed by atoms with van der Waals surface area (Å²) in [5.41, 5.74) is 2.19. The number of benzene rings is 2. The molecule has 1 aliphatic rings. The van der Waals surface area contributed by atoms with Gasteiger partial charge in [-0.25, -0.2) is 4.99 Å². The molecule has 0 unspecified atom stereocenters. The van der Waals surface area contributed by atoms with Gasteiger partial charge < -0.3 is 29.5 Å². The fourth-order valence-corrected chi connectivity index (χ4v) is 3.80. The van der Waals surface area contributed by atoms with Crippen LogP contribution in [-0.2, 0) is 13.1 Å². The van der Waals surface area contributed by atoms with E-state index in [1.54, 1.807) is 33.5 Å². The average molecular weight is 443 g/mol. The Kier molecular flexibility index (Phi) is 8.44. The lowest BCUT2D eigenvalue weighted by Crippen LogP contribution is -2.52. The summed E-state index contributed by atoms with van der Waals surface area (Å²) in [4.78, 5) is 9.51. The Labute approximate surface area is 190 Å². The summed E-state index contributed by atoms with van der Waals surface area (Å²) in [5.74, 6) is 3.16. The molecule has 2 aromatic rings. The zero-order valence-corrected chi connectivity index (χ0v) is 19.4. The molecule has 3 rings (SSSR count). The summed E-state index contributed by atoms with van der Waals surface area (Å²) >= 11 is 0. The van der Waals surface area contributed by atoms with Crippen molar-refractivity contribution in [2.24, 2.45) is 4.99 Å². The first-order chi connectivity index (χ1) is 15.6. The summed E-state index contributed by atoms with van der Waals surface area (Å²) in [6.45, 7) is 7.94. The molecule has 8 heteroatoms. The van der Waals surface area contributed by atoms with Crippen LogP contribution in [0.2, 0.25) is 0 Å². The topological polar surface area (TPSA) is 78.8 Å². The number of guanidine groups is 1. The van der Waals surface area contributed by atoms with Gasteiger partial charge in [0.2, 0.25) is 5.75 Å². The molecular weight excluding hydrogens is 408 g/mol. The number of hydrogen-bond acceptors (Lipinski definition) is 6. The van der Waals surface area contributed by atoms with E-state index >= 15 is 0 Å². The number of nitrogens with zero attached hydrogens (tertiary/aromatic N) is 3. The predicted molar refractivity (Wildman–Crippen MR) is 126 cm³/mol. The third kappa shape index (κ3) is 5.97. The number of hydrogen-bond donors (Lipinski definition) is 2. The summed E-state index contributed by atoms with van der Waals surface area (Å²) in [6.07, 6.45) is 0. The number of aliphatic imine (C=N–C) groups is 1. The van der Waals surface area contributed by atoms with Crippen LogP contribution < -0.4 is 19.5 Å². The molecule has 2 N–H and O–H groups in total. The molecule has 0 saturated carbocycles. The minimum absolute atomic E-state index is 0.271. The highest BCUT2D eigenvalue weighted by atomic mass is 16.5. The largest absolute Gasteiger partial charge is 0.508 e. The Bertz CT molecular complexity index is 868. The highest BCUT2D eigenvalue weighted by Gasteiger charge is 2.21. The minimum atomic E-state index is 0.271. The van der Waals surface area contributed by atoms with Gasteiger partial charge in [-0.05, 0) is 42.3 Å². The first-order valence-electron chi connectivity index (χ1n) is 10.9. The molecule has 0 amide bonds. The minimum Gasteiger partial charge on any atom is -0.508 e. The number of phenols is 1. The van der Waals surface area contributed by atoms with E-state index in [4.69, 9.17) is 19.2 Å². The molecule has 0 atom stereocenters. The fraction of sp³-hybridized carbons (Fsp3) is 0.458. The standard InChI is InChI=1S/C24H34N4O4/c1-5-25-24(26-16-18-6-8-20(29)9-7-18)28-12-10-27(11-13-28)17-19-14-21(30-2)23(32-4)22(15-19)31-3/h6-9,14-15,29H,5,10-13,16-17H2,1-4H3,(H,25,26). The number of methoxy groups -OCH3 is 3. The van der Waals surface area contributed by atoms with Gasteiger partial charge in [-0.15, -0.1) is 0 Å². The smallest absolute Gasteiger partial charge is 0.203 e. The molecule has 1 fully saturated rings. The molecule has 32 heavy (non-hydrogen) atoms. The zero-order chi connectivity index (χ0) is 22.9. The van der Waals surface area contributed by atoms with Crippen LogP contribution in [0, 0.1) is 0 Å². The molecular formula is C24H34N4O4. The molecule has 0 aliphatic carbocycles. The van der Waals surface area contributed by atoms with Crippen LogP contribution in [-0.4, -0.2) is 74.9 Å². The number of ether oxygens (including phenoxy) is 3. The van der Waals surface area contributed by atoms with Gasteiger partial charge in [0, 0.05) is 39.3 Å². The number of rotatable bonds is 8. The van der Waals surface area contributed by atoms with Crippen LogP contribution in [0.4, 0.5) is 0 Å². The number of phenolic OH excluding ortho intramolecular Hbond substituents is 1. The van der Waals surface area contributed by atoms with E-state index in [0.29, 0.717) is 23.8 Å². The van der Waals surface area contributed by atoms with Gasteiger partial charge in [0.1, 0.15) is 5.75 Å². The molecule has 1 heterocycles. The molecule has 2 aromatic carbocycles. The monoisotopic (exact) mass is 442 g/mol. The van der Waals surface area contributed by atoms with Crippen LogP contribution in [0.1, 0.15) is 18.1 Å². The van der Waals surface area contributed by atoms with Gasteiger partial charge in [-0.2, -0.15) is 0 Å². The fourth-order valence-electron chi connectivity index (χ4n) is 3.80. The van der Waals surface area contributed by atoms with Gasteiger partial charge in [0.25, 0.3) is 0 Å². The van der Waals surface area contributed by atoms with E-state index in [9.17, 15) is 5.11 Å². The maximum atomic E-state index is 9.46. The maximum Gasteiger partial charge on any atom is 0.203 e. The third-order valence-corrected chi connectivity index (χ3v) is 5.49. The quantitative estimate of drug-likeness (QED) is 0.481. The Balaban J connectivity index is 1.61. The van der Waals surface area contributed by atoms with Crippen molar-refractivity contribution in [3.05, 3.63) is 47.5 Å². The van der Waals surface area contributed by atoms with E-state index in [0.717, 1.165) is 56.4 Å². The molecule has 1 aliphatic heterocycles. The van der Waals surface area contributed by atoms with E-state index in [1.807, 2.05) is 24.3 Å². The van der Waals surface area contributed by atoms with E-state index < -0.39 is 0 Å². The molecule has 1 saturated heterocycles. The third-order valence-electron chi connectivity index (χ3n) is 5.49. The lowest BCUT2D eigenvalue weighted by molar-refractivity contribution is 0.172. The van der Waals surface area contributed by atoms with Crippen LogP contribution in [0.15, 0.2) is 41.4 Å². The van der Waals surface area contributed by atoms with Crippen molar-refractivity contribution in [3.63, 3.8) is 0 Å². The second-order valence-electron chi connectivity index (χ2n) is 7.63. The van der Waals surface area contributed by atoms with Gasteiger partial charge in [0.15, 0.2) is 17.5 Å². The zero-order valence-electron chi connectivity index (χ0n) is 19.4. The molecule has 8 nitrogen and oxygen atoms in total. The van der Waals surface area contributed by atoms with E-state index in [-0.39, 0.29) is 5.75 Å². The first-order valence-corrected chi connectivity index (χ1v) is 10.9. The molecule has 174 valence electrons. The lowest BCUT2D eigenvalue weighted by atomic mass is 10.1. The summed E-state index contributed by atoms with van der Waals surface area (Å²) in [6, 6.07) is 11.2. The van der Waals surface area contributed by atoms with Crippen LogP contribution in [0.3, 0.4) is 0 Å². The SMILES string of the molecule is CCNC(=NCc1ccc(O)cc1)N1CCN(Cc2cc(OC)c(OC)c(OC)c2)CC1.